The second-order valence-corrected chi connectivity index (χ2v) is 10.0. The molecule has 0 spiro atoms. The van der Waals surface area contributed by atoms with Crippen LogP contribution in [-0.4, -0.2) is 34.0 Å². The number of anilines is 1. The Morgan fingerprint density at radius 2 is 1.75 bits per heavy atom. The number of amides is 1. The molecule has 0 saturated carbocycles. The van der Waals surface area contributed by atoms with Gasteiger partial charge < -0.3 is 10.1 Å². The number of nitrogens with one attached hydrogen (secondary N) is 1. The Labute approximate surface area is 197 Å². The molecule has 6 nitrogen and oxygen atoms in total. The number of carbonyl (C=O) groups excluding carboxylic acids is 1. The summed E-state index contributed by atoms with van der Waals surface area (Å²) in [7, 11) is -3.93. The van der Waals surface area contributed by atoms with E-state index in [9.17, 15) is 13.2 Å². The summed E-state index contributed by atoms with van der Waals surface area (Å²) < 4.78 is 34.1. The average Bonchev–Trinajstić information content (AvgIpc) is 2.76. The Morgan fingerprint density at radius 3 is 2.44 bits per heavy atom. The maximum atomic E-state index is 13.3. The first-order valence-electron chi connectivity index (χ1n) is 10.1. The lowest BCUT2D eigenvalue weighted by Crippen LogP contribution is -2.41. The van der Waals surface area contributed by atoms with Gasteiger partial charge in [-0.25, -0.2) is 8.42 Å². The van der Waals surface area contributed by atoms with E-state index in [-0.39, 0.29) is 24.6 Å². The van der Waals surface area contributed by atoms with Crippen molar-refractivity contribution >= 4 is 37.5 Å². The van der Waals surface area contributed by atoms with E-state index in [1.54, 1.807) is 42.5 Å². The van der Waals surface area contributed by atoms with E-state index in [1.165, 1.54) is 12.1 Å². The summed E-state index contributed by atoms with van der Waals surface area (Å²) in [5.41, 5.74) is 2.56. The first-order valence-corrected chi connectivity index (χ1v) is 12.3. The fourth-order valence-corrected chi connectivity index (χ4v) is 4.99. The zero-order valence-corrected chi connectivity index (χ0v) is 20.3. The molecule has 1 amide bonds. The molecule has 0 radical (unpaired) electrons. The van der Waals surface area contributed by atoms with Gasteiger partial charge in [0.15, 0.2) is 0 Å². The molecule has 3 aromatic carbocycles. The highest BCUT2D eigenvalue weighted by Crippen LogP contribution is 2.26. The van der Waals surface area contributed by atoms with Crippen molar-refractivity contribution in [1.82, 2.24) is 5.32 Å². The molecule has 0 saturated heterocycles. The number of aryl methyl sites for hydroxylation is 2. The number of benzene rings is 3. The summed E-state index contributed by atoms with van der Waals surface area (Å²) in [6.07, 6.45) is 0. The molecule has 0 aromatic heterocycles. The predicted molar refractivity (Wildman–Crippen MR) is 130 cm³/mol. The van der Waals surface area contributed by atoms with Gasteiger partial charge in [0.2, 0.25) is 5.91 Å². The summed E-state index contributed by atoms with van der Waals surface area (Å²) in [6.45, 7) is 4.15. The van der Waals surface area contributed by atoms with E-state index < -0.39 is 15.9 Å². The number of ether oxygens (including phenoxy) is 1. The van der Waals surface area contributed by atoms with Gasteiger partial charge in [-0.3, -0.25) is 9.10 Å². The molecule has 168 valence electrons. The highest BCUT2D eigenvalue weighted by molar-refractivity contribution is 9.10. The van der Waals surface area contributed by atoms with Crippen molar-refractivity contribution in [2.45, 2.75) is 18.7 Å². The second-order valence-electron chi connectivity index (χ2n) is 7.27. The predicted octanol–water partition coefficient (Wildman–Crippen LogP) is 4.46. The van der Waals surface area contributed by atoms with Crippen LogP contribution >= 0.6 is 15.9 Å². The molecule has 0 fully saturated rings. The van der Waals surface area contributed by atoms with Gasteiger partial charge in [-0.05, 0) is 55.8 Å². The van der Waals surface area contributed by atoms with Crippen molar-refractivity contribution in [1.29, 1.82) is 0 Å². The van der Waals surface area contributed by atoms with Crippen LogP contribution in [0.1, 0.15) is 11.1 Å². The van der Waals surface area contributed by atoms with Crippen LogP contribution in [0.25, 0.3) is 0 Å². The fourth-order valence-electron chi connectivity index (χ4n) is 3.17. The fraction of sp³-hybridized carbons (Fsp3) is 0.208. The van der Waals surface area contributed by atoms with Gasteiger partial charge in [-0.2, -0.15) is 0 Å². The van der Waals surface area contributed by atoms with Crippen LogP contribution < -0.4 is 14.4 Å². The van der Waals surface area contributed by atoms with Crippen LogP contribution in [0, 0.1) is 13.8 Å². The van der Waals surface area contributed by atoms with Crippen LogP contribution in [0.5, 0.6) is 5.75 Å². The minimum absolute atomic E-state index is 0.117. The Bertz CT molecular complexity index is 1180. The molecule has 0 unspecified atom stereocenters. The third-order valence-electron chi connectivity index (χ3n) is 4.73. The number of rotatable bonds is 9. The average molecular weight is 517 g/mol. The second kappa shape index (κ2) is 10.7. The van der Waals surface area contributed by atoms with Crippen LogP contribution in [0.3, 0.4) is 0 Å². The number of nitrogens with zero attached hydrogens (tertiary/aromatic N) is 1. The van der Waals surface area contributed by atoms with Crippen molar-refractivity contribution in [3.05, 3.63) is 88.4 Å². The minimum Gasteiger partial charge on any atom is -0.491 e. The third kappa shape index (κ3) is 6.11. The normalized spacial score (nSPS) is 11.1. The Balaban J connectivity index is 1.68. The zero-order valence-electron chi connectivity index (χ0n) is 17.9. The molecule has 3 rings (SSSR count). The molecule has 0 aliphatic heterocycles. The summed E-state index contributed by atoms with van der Waals surface area (Å²) in [5.74, 6) is 0.334. The minimum atomic E-state index is -3.93. The number of hydrogen-bond donors (Lipinski definition) is 1. The van der Waals surface area contributed by atoms with Gasteiger partial charge in [0, 0.05) is 4.47 Å². The molecule has 1 N–H and O–H groups in total. The van der Waals surface area contributed by atoms with Gasteiger partial charge in [0.1, 0.15) is 18.9 Å². The highest BCUT2D eigenvalue weighted by Gasteiger charge is 2.27. The van der Waals surface area contributed by atoms with Gasteiger partial charge in [-0.15, -0.1) is 0 Å². The molecule has 0 heterocycles. The summed E-state index contributed by atoms with van der Waals surface area (Å²) >= 11 is 3.36. The van der Waals surface area contributed by atoms with Crippen molar-refractivity contribution < 1.29 is 17.9 Å². The van der Waals surface area contributed by atoms with Crippen molar-refractivity contribution in [3.8, 4) is 5.75 Å². The van der Waals surface area contributed by atoms with E-state index in [1.807, 2.05) is 32.0 Å². The van der Waals surface area contributed by atoms with Gasteiger partial charge >= 0.3 is 0 Å². The van der Waals surface area contributed by atoms with Gasteiger partial charge in [-0.1, -0.05) is 57.9 Å². The number of sulfonamides is 1. The molecule has 0 bridgehead atoms. The lowest BCUT2D eigenvalue weighted by atomic mass is 10.1. The van der Waals surface area contributed by atoms with Gasteiger partial charge in [0.25, 0.3) is 10.0 Å². The van der Waals surface area contributed by atoms with Crippen LogP contribution in [0.15, 0.2) is 82.2 Å². The largest absolute Gasteiger partial charge is 0.491 e. The monoisotopic (exact) mass is 516 g/mol. The standard InChI is InChI=1S/C24H25BrN2O4S/c1-18-11-12-23(19(2)15-18)31-14-13-26-24(28)17-27(21-8-6-7-20(25)16-21)32(29,30)22-9-4-3-5-10-22/h3-12,15-16H,13-14,17H2,1-2H3,(H,26,28). The quantitative estimate of drug-likeness (QED) is 0.426. The summed E-state index contributed by atoms with van der Waals surface area (Å²) in [6, 6.07) is 20.8. The molecule has 0 aliphatic carbocycles. The maximum absolute atomic E-state index is 13.3. The third-order valence-corrected chi connectivity index (χ3v) is 7.01. The Hall–Kier alpha value is -2.84. The smallest absolute Gasteiger partial charge is 0.264 e. The van der Waals surface area contributed by atoms with Crippen LogP contribution in [0.4, 0.5) is 5.69 Å². The molecule has 8 heteroatoms. The Morgan fingerprint density at radius 1 is 1.00 bits per heavy atom. The topological polar surface area (TPSA) is 75.7 Å². The number of hydrogen-bond acceptors (Lipinski definition) is 4. The van der Waals surface area contributed by atoms with E-state index in [4.69, 9.17) is 4.74 Å². The maximum Gasteiger partial charge on any atom is 0.264 e. The SMILES string of the molecule is Cc1ccc(OCCNC(=O)CN(c2cccc(Br)c2)S(=O)(=O)c2ccccc2)c(C)c1. The lowest BCUT2D eigenvalue weighted by molar-refractivity contribution is -0.119. The summed E-state index contributed by atoms with van der Waals surface area (Å²) in [4.78, 5) is 12.7. The van der Waals surface area contributed by atoms with E-state index in [0.717, 1.165) is 21.2 Å². The molecule has 32 heavy (non-hydrogen) atoms. The summed E-state index contributed by atoms with van der Waals surface area (Å²) in [5, 5.41) is 2.74. The number of carbonyl (C=O) groups is 1. The molecule has 3 aromatic rings. The van der Waals surface area contributed by atoms with Crippen LogP contribution in [0.2, 0.25) is 0 Å². The number of halogens is 1. The zero-order chi connectivity index (χ0) is 23.1. The molecular weight excluding hydrogens is 492 g/mol. The lowest BCUT2D eigenvalue weighted by Gasteiger charge is -2.24. The van der Waals surface area contributed by atoms with Gasteiger partial charge in [0.05, 0.1) is 17.1 Å². The van der Waals surface area contributed by atoms with E-state index >= 15 is 0 Å². The van der Waals surface area contributed by atoms with Crippen molar-refractivity contribution in [2.75, 3.05) is 24.0 Å². The molecule has 0 aliphatic rings. The highest BCUT2D eigenvalue weighted by atomic mass is 79.9. The van der Waals surface area contributed by atoms with Crippen LogP contribution in [-0.2, 0) is 14.8 Å². The molecule has 0 atom stereocenters. The van der Waals surface area contributed by atoms with Crippen molar-refractivity contribution in [2.24, 2.45) is 0 Å². The van der Waals surface area contributed by atoms with E-state index in [2.05, 4.69) is 21.2 Å². The van der Waals surface area contributed by atoms with Crippen molar-refractivity contribution in [3.63, 3.8) is 0 Å². The Kier molecular flexibility index (Phi) is 7.93. The first-order chi connectivity index (χ1) is 15.3. The first kappa shape index (κ1) is 23.8. The van der Waals surface area contributed by atoms with E-state index in [0.29, 0.717) is 10.2 Å². The molecular formula is C24H25BrN2O4S.